The van der Waals surface area contributed by atoms with Crippen molar-refractivity contribution in [3.05, 3.63) is 0 Å². The first-order valence-corrected chi connectivity index (χ1v) is 10.3. The molecule has 0 fully saturated rings. The Morgan fingerprint density at radius 1 is 0.667 bits per heavy atom. The lowest BCUT2D eigenvalue weighted by Crippen LogP contribution is -2.20. The molecule has 0 aromatic carbocycles. The van der Waals surface area contributed by atoms with Crippen molar-refractivity contribution in [2.45, 2.75) is 46.5 Å². The normalized spacial score (nSPS) is 12.3. The summed E-state index contributed by atoms with van der Waals surface area (Å²) in [6.07, 6.45) is 3.89. The largest absolute Gasteiger partial charge is 0.463 e. The van der Waals surface area contributed by atoms with Gasteiger partial charge in [-0.15, -0.1) is 0 Å². The lowest BCUT2D eigenvalue weighted by atomic mass is 10.00. The molecule has 7 heteroatoms. The zero-order valence-electron chi connectivity index (χ0n) is 17.5. The SMILES string of the molecule is CCCCC(CC)C(=O)OCCOCCOCCOCCOCCOCC. The Labute approximate surface area is 165 Å². The fourth-order valence-electron chi connectivity index (χ4n) is 2.28. The summed E-state index contributed by atoms with van der Waals surface area (Å²) < 4.78 is 31.9. The van der Waals surface area contributed by atoms with E-state index in [0.717, 1.165) is 25.7 Å². The van der Waals surface area contributed by atoms with E-state index < -0.39 is 0 Å². The first kappa shape index (κ1) is 26.3. The highest BCUT2D eigenvalue weighted by atomic mass is 16.6. The van der Waals surface area contributed by atoms with Crippen molar-refractivity contribution in [1.82, 2.24) is 0 Å². The zero-order chi connectivity index (χ0) is 20.0. The highest BCUT2D eigenvalue weighted by Crippen LogP contribution is 2.14. The molecular weight excluding hydrogens is 352 g/mol. The fraction of sp³-hybridized carbons (Fsp3) is 0.950. The van der Waals surface area contributed by atoms with Crippen LogP contribution in [-0.2, 0) is 33.2 Å². The topological polar surface area (TPSA) is 72.5 Å². The molecule has 0 aromatic heterocycles. The van der Waals surface area contributed by atoms with Crippen LogP contribution in [0.3, 0.4) is 0 Å². The third-order valence-electron chi connectivity index (χ3n) is 3.90. The molecule has 0 bridgehead atoms. The molecule has 0 aliphatic rings. The van der Waals surface area contributed by atoms with Crippen LogP contribution >= 0.6 is 0 Å². The molecule has 0 rings (SSSR count). The molecule has 0 aliphatic carbocycles. The average Bonchev–Trinajstić information content (AvgIpc) is 2.68. The van der Waals surface area contributed by atoms with E-state index >= 15 is 0 Å². The number of hydrogen-bond donors (Lipinski definition) is 0. The molecule has 162 valence electrons. The van der Waals surface area contributed by atoms with Gasteiger partial charge in [-0.1, -0.05) is 26.7 Å². The summed E-state index contributed by atoms with van der Waals surface area (Å²) in [6.45, 7) is 11.9. The molecule has 0 aliphatic heterocycles. The van der Waals surface area contributed by atoms with Gasteiger partial charge in [0.1, 0.15) is 6.61 Å². The maximum absolute atomic E-state index is 11.9. The van der Waals surface area contributed by atoms with Crippen LogP contribution in [0.15, 0.2) is 0 Å². The van der Waals surface area contributed by atoms with E-state index in [1.165, 1.54) is 0 Å². The minimum absolute atomic E-state index is 0.0170. The first-order valence-electron chi connectivity index (χ1n) is 10.3. The predicted molar refractivity (Wildman–Crippen MR) is 104 cm³/mol. The Bertz CT molecular complexity index is 313. The Kier molecular flexibility index (Phi) is 21.0. The Morgan fingerprint density at radius 3 is 1.52 bits per heavy atom. The fourth-order valence-corrected chi connectivity index (χ4v) is 2.28. The smallest absolute Gasteiger partial charge is 0.308 e. The summed E-state index contributed by atoms with van der Waals surface area (Å²) in [4.78, 5) is 11.9. The number of rotatable bonds is 21. The van der Waals surface area contributed by atoms with Gasteiger partial charge in [-0.05, 0) is 19.8 Å². The first-order chi connectivity index (χ1) is 13.3. The molecule has 0 aromatic rings. The average molecular weight is 393 g/mol. The molecule has 0 radical (unpaired) electrons. The quantitative estimate of drug-likeness (QED) is 0.220. The summed E-state index contributed by atoms with van der Waals surface area (Å²) in [5.74, 6) is -0.0897. The zero-order valence-corrected chi connectivity index (χ0v) is 17.5. The van der Waals surface area contributed by atoms with Crippen LogP contribution in [0, 0.1) is 5.92 Å². The monoisotopic (exact) mass is 392 g/mol. The van der Waals surface area contributed by atoms with Crippen LogP contribution in [0.4, 0.5) is 0 Å². The predicted octanol–water partition coefficient (Wildman–Crippen LogP) is 2.85. The molecule has 0 N–H and O–H groups in total. The Balaban J connectivity index is 3.25. The van der Waals surface area contributed by atoms with Crippen molar-refractivity contribution in [1.29, 1.82) is 0 Å². The number of esters is 1. The van der Waals surface area contributed by atoms with Crippen molar-refractivity contribution in [2.24, 2.45) is 5.92 Å². The molecular formula is C20H40O7. The van der Waals surface area contributed by atoms with Gasteiger partial charge in [-0.3, -0.25) is 4.79 Å². The maximum atomic E-state index is 11.9. The van der Waals surface area contributed by atoms with Crippen molar-refractivity contribution < 1.29 is 33.2 Å². The van der Waals surface area contributed by atoms with E-state index in [9.17, 15) is 4.79 Å². The van der Waals surface area contributed by atoms with Crippen molar-refractivity contribution >= 4 is 5.97 Å². The van der Waals surface area contributed by atoms with Gasteiger partial charge in [0, 0.05) is 6.61 Å². The van der Waals surface area contributed by atoms with Crippen molar-refractivity contribution in [2.75, 3.05) is 72.7 Å². The number of hydrogen-bond acceptors (Lipinski definition) is 7. The van der Waals surface area contributed by atoms with Gasteiger partial charge < -0.3 is 28.4 Å². The van der Waals surface area contributed by atoms with Crippen LogP contribution < -0.4 is 0 Å². The molecule has 0 amide bonds. The summed E-state index contributed by atoms with van der Waals surface area (Å²) in [5.41, 5.74) is 0. The van der Waals surface area contributed by atoms with Gasteiger partial charge in [0.05, 0.1) is 65.4 Å². The molecule has 0 saturated carbocycles. The standard InChI is InChI=1S/C20H40O7/c1-4-7-8-19(5-2)20(21)27-18-17-26-16-15-25-14-13-24-12-11-23-10-9-22-6-3/h19H,4-18H2,1-3H3. The number of unbranched alkanes of at least 4 members (excludes halogenated alkanes) is 1. The van der Waals surface area contributed by atoms with Crippen LogP contribution in [0.25, 0.3) is 0 Å². The summed E-state index contributed by atoms with van der Waals surface area (Å²) >= 11 is 0. The second kappa shape index (κ2) is 21.6. The van der Waals surface area contributed by atoms with Crippen LogP contribution in [-0.4, -0.2) is 78.6 Å². The van der Waals surface area contributed by atoms with Crippen molar-refractivity contribution in [3.63, 3.8) is 0 Å². The third-order valence-corrected chi connectivity index (χ3v) is 3.90. The van der Waals surface area contributed by atoms with Gasteiger partial charge in [0.2, 0.25) is 0 Å². The van der Waals surface area contributed by atoms with E-state index in [0.29, 0.717) is 72.7 Å². The number of carbonyl (C=O) groups excluding carboxylic acids is 1. The number of carbonyl (C=O) groups is 1. The van der Waals surface area contributed by atoms with Crippen molar-refractivity contribution in [3.8, 4) is 0 Å². The number of ether oxygens (including phenoxy) is 6. The van der Waals surface area contributed by atoms with Crippen LogP contribution in [0.1, 0.15) is 46.5 Å². The second-order valence-electron chi connectivity index (χ2n) is 6.06. The van der Waals surface area contributed by atoms with Crippen LogP contribution in [0.2, 0.25) is 0 Å². The third kappa shape index (κ3) is 18.4. The van der Waals surface area contributed by atoms with Crippen LogP contribution in [0.5, 0.6) is 0 Å². The minimum Gasteiger partial charge on any atom is -0.463 e. The van der Waals surface area contributed by atoms with Gasteiger partial charge in [0.25, 0.3) is 0 Å². The van der Waals surface area contributed by atoms with Gasteiger partial charge in [-0.25, -0.2) is 0 Å². The molecule has 0 saturated heterocycles. The lowest BCUT2D eigenvalue weighted by Gasteiger charge is -2.13. The minimum atomic E-state index is -0.107. The second-order valence-corrected chi connectivity index (χ2v) is 6.06. The van der Waals surface area contributed by atoms with E-state index in [1.54, 1.807) is 0 Å². The van der Waals surface area contributed by atoms with Gasteiger partial charge >= 0.3 is 5.97 Å². The molecule has 1 atom stereocenters. The molecule has 0 heterocycles. The lowest BCUT2D eigenvalue weighted by molar-refractivity contribution is -0.150. The van der Waals surface area contributed by atoms with E-state index in [2.05, 4.69) is 6.92 Å². The van der Waals surface area contributed by atoms with E-state index in [1.807, 2.05) is 13.8 Å². The van der Waals surface area contributed by atoms with Gasteiger partial charge in [-0.2, -0.15) is 0 Å². The van der Waals surface area contributed by atoms with E-state index in [-0.39, 0.29) is 11.9 Å². The Hall–Kier alpha value is -0.730. The molecule has 27 heavy (non-hydrogen) atoms. The highest BCUT2D eigenvalue weighted by Gasteiger charge is 2.16. The maximum Gasteiger partial charge on any atom is 0.308 e. The summed E-state index contributed by atoms with van der Waals surface area (Å²) in [7, 11) is 0. The van der Waals surface area contributed by atoms with Gasteiger partial charge in [0.15, 0.2) is 0 Å². The Morgan fingerprint density at radius 2 is 1.11 bits per heavy atom. The molecule has 0 spiro atoms. The van der Waals surface area contributed by atoms with E-state index in [4.69, 9.17) is 28.4 Å². The molecule has 1 unspecified atom stereocenters. The molecule has 7 nitrogen and oxygen atoms in total. The summed E-state index contributed by atoms with van der Waals surface area (Å²) in [5, 5.41) is 0. The highest BCUT2D eigenvalue weighted by molar-refractivity contribution is 5.72. The summed E-state index contributed by atoms with van der Waals surface area (Å²) in [6, 6.07) is 0.